The molecule has 1 aliphatic rings. The van der Waals surface area contributed by atoms with E-state index in [0.717, 1.165) is 28.0 Å². The lowest BCUT2D eigenvalue weighted by molar-refractivity contribution is 0.779. The zero-order chi connectivity index (χ0) is 13.4. The molecular weight excluding hydrogens is 254 g/mol. The molecule has 1 aromatic heterocycles. The second-order valence-electron chi connectivity index (χ2n) is 5.29. The lowest BCUT2D eigenvalue weighted by Crippen LogP contribution is -2.03. The van der Waals surface area contributed by atoms with E-state index in [2.05, 4.69) is 38.1 Å². The Morgan fingerprint density at radius 3 is 2.74 bits per heavy atom. The molecule has 0 spiro atoms. The fraction of sp³-hybridized carbons (Fsp3) is 0.235. The minimum absolute atomic E-state index is 0.383. The van der Waals surface area contributed by atoms with Crippen LogP contribution in [0.2, 0.25) is 5.02 Å². The molecule has 1 aliphatic carbocycles. The molecule has 1 nitrogen and oxygen atoms in total. The van der Waals surface area contributed by atoms with Crippen LogP contribution in [0.3, 0.4) is 0 Å². The van der Waals surface area contributed by atoms with Gasteiger partial charge in [0.15, 0.2) is 0 Å². The van der Waals surface area contributed by atoms with E-state index >= 15 is 0 Å². The van der Waals surface area contributed by atoms with Gasteiger partial charge in [-0.25, -0.2) is 0 Å². The topological polar surface area (TPSA) is 12.9 Å². The molecule has 0 fully saturated rings. The molecule has 2 heteroatoms. The zero-order valence-electron chi connectivity index (χ0n) is 11.2. The Balaban J connectivity index is 2.04. The zero-order valence-corrected chi connectivity index (χ0v) is 11.9. The van der Waals surface area contributed by atoms with Crippen LogP contribution in [0, 0.1) is 0 Å². The van der Waals surface area contributed by atoms with Crippen molar-refractivity contribution in [2.45, 2.75) is 26.2 Å². The van der Waals surface area contributed by atoms with E-state index in [1.165, 1.54) is 11.1 Å². The van der Waals surface area contributed by atoms with Crippen molar-refractivity contribution >= 4 is 22.5 Å². The Morgan fingerprint density at radius 1 is 1.16 bits per heavy atom. The summed E-state index contributed by atoms with van der Waals surface area (Å²) >= 11 is 6.04. The first-order chi connectivity index (χ1) is 9.11. The summed E-state index contributed by atoms with van der Waals surface area (Å²) in [5, 5.41) is 1.88. The summed E-state index contributed by atoms with van der Waals surface area (Å²) in [4.78, 5) is 4.77. The van der Waals surface area contributed by atoms with Gasteiger partial charge in [0, 0.05) is 22.0 Å². The normalized spacial score (nSPS) is 19.2. The van der Waals surface area contributed by atoms with Crippen molar-refractivity contribution < 1.29 is 0 Å². The highest BCUT2D eigenvalue weighted by Crippen LogP contribution is 2.31. The smallest absolute Gasteiger partial charge is 0.0720 e. The van der Waals surface area contributed by atoms with Crippen molar-refractivity contribution in [2.24, 2.45) is 0 Å². The van der Waals surface area contributed by atoms with Crippen LogP contribution < -0.4 is 0 Å². The number of aromatic nitrogens is 1. The average Bonchev–Trinajstić information content (AvgIpc) is 2.36. The maximum Gasteiger partial charge on any atom is 0.0720 e. The molecule has 0 aliphatic heterocycles. The highest BCUT2D eigenvalue weighted by atomic mass is 35.5. The number of pyridine rings is 1. The molecule has 2 aromatic rings. The van der Waals surface area contributed by atoms with E-state index in [1.807, 2.05) is 18.2 Å². The first-order valence-corrected chi connectivity index (χ1v) is 6.91. The first kappa shape index (κ1) is 12.4. The predicted octanol–water partition coefficient (Wildman–Crippen LogP) is 5.27. The maximum atomic E-state index is 6.04. The number of fused-ring (bicyclic) bond motifs is 1. The lowest BCUT2D eigenvalue weighted by Gasteiger charge is -2.18. The third-order valence-electron chi connectivity index (χ3n) is 3.54. The molecule has 3 rings (SSSR count). The summed E-state index contributed by atoms with van der Waals surface area (Å²) in [5.41, 5.74) is 4.84. The Morgan fingerprint density at radius 2 is 1.95 bits per heavy atom. The fourth-order valence-electron chi connectivity index (χ4n) is 2.72. The van der Waals surface area contributed by atoms with Crippen LogP contribution in [0.25, 0.3) is 10.9 Å². The van der Waals surface area contributed by atoms with Gasteiger partial charge >= 0.3 is 0 Å². The molecule has 0 amide bonds. The third kappa shape index (κ3) is 2.57. The van der Waals surface area contributed by atoms with Crippen molar-refractivity contribution in [3.8, 4) is 0 Å². The molecule has 0 bridgehead atoms. The quantitative estimate of drug-likeness (QED) is 0.687. The molecule has 1 aromatic carbocycles. The van der Waals surface area contributed by atoms with Crippen molar-refractivity contribution in [1.82, 2.24) is 4.98 Å². The second-order valence-corrected chi connectivity index (χ2v) is 5.72. The average molecular weight is 270 g/mol. The van der Waals surface area contributed by atoms with Gasteiger partial charge in [0.25, 0.3) is 0 Å². The Kier molecular flexibility index (Phi) is 3.16. The maximum absolute atomic E-state index is 6.04. The number of benzene rings is 1. The molecule has 0 N–H and O–H groups in total. The number of rotatable bonds is 1. The third-order valence-corrected chi connectivity index (χ3v) is 3.77. The van der Waals surface area contributed by atoms with Crippen LogP contribution >= 0.6 is 11.6 Å². The van der Waals surface area contributed by atoms with Crippen molar-refractivity contribution in [2.75, 3.05) is 0 Å². The van der Waals surface area contributed by atoms with Crippen molar-refractivity contribution in [3.05, 3.63) is 64.3 Å². The molecule has 0 unspecified atom stereocenters. The van der Waals surface area contributed by atoms with E-state index in [-0.39, 0.29) is 0 Å². The van der Waals surface area contributed by atoms with Crippen LogP contribution in [-0.4, -0.2) is 4.98 Å². The number of nitrogens with zero attached hydrogens (tertiary/aromatic N) is 1. The summed E-state index contributed by atoms with van der Waals surface area (Å²) in [7, 11) is 0. The Labute approximate surface area is 118 Å². The van der Waals surface area contributed by atoms with E-state index in [4.69, 9.17) is 16.6 Å². The van der Waals surface area contributed by atoms with Gasteiger partial charge in [0.05, 0.1) is 5.52 Å². The second kappa shape index (κ2) is 4.82. The Bertz CT molecular complexity index is 697. The summed E-state index contributed by atoms with van der Waals surface area (Å²) in [6.07, 6.45) is 5.59. The molecule has 96 valence electrons. The molecule has 1 atom stereocenters. The van der Waals surface area contributed by atoms with Gasteiger partial charge in [-0.3, -0.25) is 4.98 Å². The molecule has 0 saturated heterocycles. The van der Waals surface area contributed by atoms with Gasteiger partial charge in [-0.05, 0) is 38.5 Å². The summed E-state index contributed by atoms with van der Waals surface area (Å²) in [6.45, 7) is 4.33. The Hall–Kier alpha value is -1.60. The lowest BCUT2D eigenvalue weighted by atomic mass is 9.89. The van der Waals surface area contributed by atoms with Crippen LogP contribution in [0.1, 0.15) is 31.9 Å². The van der Waals surface area contributed by atoms with Gasteiger partial charge in [0.1, 0.15) is 0 Å². The van der Waals surface area contributed by atoms with Gasteiger partial charge < -0.3 is 0 Å². The van der Waals surface area contributed by atoms with Crippen LogP contribution in [0.15, 0.2) is 53.6 Å². The molecule has 19 heavy (non-hydrogen) atoms. The summed E-state index contributed by atoms with van der Waals surface area (Å²) in [6, 6.07) is 10.1. The minimum atomic E-state index is 0.383. The monoisotopic (exact) mass is 269 g/mol. The molecule has 0 radical (unpaired) electrons. The van der Waals surface area contributed by atoms with E-state index in [1.54, 1.807) is 0 Å². The molecule has 0 saturated carbocycles. The van der Waals surface area contributed by atoms with Gasteiger partial charge in [-0.1, -0.05) is 47.0 Å². The van der Waals surface area contributed by atoms with Crippen molar-refractivity contribution in [1.29, 1.82) is 0 Å². The minimum Gasteiger partial charge on any atom is -0.252 e. The van der Waals surface area contributed by atoms with E-state index in [9.17, 15) is 0 Å². The van der Waals surface area contributed by atoms with Gasteiger partial charge in [-0.2, -0.15) is 0 Å². The van der Waals surface area contributed by atoms with E-state index in [0.29, 0.717) is 5.92 Å². The molecular formula is C17H16ClN. The number of hydrogen-bond acceptors (Lipinski definition) is 1. The molecule has 1 heterocycles. The largest absolute Gasteiger partial charge is 0.252 e. The van der Waals surface area contributed by atoms with Crippen molar-refractivity contribution in [3.63, 3.8) is 0 Å². The number of hydrogen-bond donors (Lipinski definition) is 0. The van der Waals surface area contributed by atoms with Gasteiger partial charge in [0.2, 0.25) is 0 Å². The standard InChI is InChI=1S/C17H16ClN/c1-11-7-12(2)9-14(8-11)16-6-4-13-3-5-15(18)10-17(13)19-16/h3-8,10,14H,9H2,1-2H3/t14-/m1/s1. The van der Waals surface area contributed by atoms with Gasteiger partial charge in [-0.15, -0.1) is 0 Å². The predicted molar refractivity (Wildman–Crippen MR) is 81.6 cm³/mol. The summed E-state index contributed by atoms with van der Waals surface area (Å²) in [5.74, 6) is 0.383. The highest BCUT2D eigenvalue weighted by molar-refractivity contribution is 6.31. The fourth-order valence-corrected chi connectivity index (χ4v) is 2.89. The SMILES string of the molecule is CC1=C[C@@H](c2ccc3ccc(Cl)cc3n2)CC(C)=C1. The summed E-state index contributed by atoms with van der Waals surface area (Å²) < 4.78 is 0. The van der Waals surface area contributed by atoms with Crippen LogP contribution in [0.4, 0.5) is 0 Å². The van der Waals surface area contributed by atoms with E-state index < -0.39 is 0 Å². The van der Waals surface area contributed by atoms with Crippen LogP contribution in [-0.2, 0) is 0 Å². The number of allylic oxidation sites excluding steroid dienone is 4. The number of halogens is 1. The first-order valence-electron chi connectivity index (χ1n) is 6.53. The highest BCUT2D eigenvalue weighted by Gasteiger charge is 2.15. The van der Waals surface area contributed by atoms with Crippen LogP contribution in [0.5, 0.6) is 0 Å².